The molecule has 1 aromatic carbocycles. The van der Waals surface area contributed by atoms with Gasteiger partial charge in [0.2, 0.25) is 0 Å². The zero-order valence-corrected chi connectivity index (χ0v) is 16.7. The normalized spacial score (nSPS) is 25.1. The number of hydrogen-bond donors (Lipinski definition) is 1. The Hall–Kier alpha value is -1.46. The van der Waals surface area contributed by atoms with Crippen molar-refractivity contribution in [3.8, 4) is 0 Å². The van der Waals surface area contributed by atoms with Crippen LogP contribution in [0.2, 0.25) is 0 Å². The standard InChI is InChI=1S/C22H33FN2O2/c1-17(2)15-20(26)21(27)24-12-3-9-22(11-14-24)10-4-13-25(22)16-18-5-7-19(23)8-6-18/h5-8,17,20,26H,3-4,9-16H2,1-2H3/t20-,22-/m1/s1. The molecule has 2 saturated heterocycles. The molecular weight excluding hydrogens is 343 g/mol. The third-order valence-corrected chi connectivity index (χ3v) is 6.24. The van der Waals surface area contributed by atoms with Gasteiger partial charge in [-0.05, 0) is 68.7 Å². The van der Waals surface area contributed by atoms with Crippen molar-refractivity contribution >= 4 is 5.91 Å². The summed E-state index contributed by atoms with van der Waals surface area (Å²) >= 11 is 0. The second kappa shape index (κ2) is 8.70. The highest BCUT2D eigenvalue weighted by molar-refractivity contribution is 5.80. The molecule has 2 aliphatic heterocycles. The second-order valence-corrected chi connectivity index (χ2v) is 8.70. The summed E-state index contributed by atoms with van der Waals surface area (Å²) in [5.74, 6) is 0.00518. The first-order valence-corrected chi connectivity index (χ1v) is 10.4. The highest BCUT2D eigenvalue weighted by Crippen LogP contribution is 2.39. The molecule has 2 aliphatic rings. The predicted molar refractivity (Wildman–Crippen MR) is 105 cm³/mol. The molecule has 2 fully saturated rings. The molecule has 1 spiro atoms. The largest absolute Gasteiger partial charge is 0.383 e. The Balaban J connectivity index is 1.64. The van der Waals surface area contributed by atoms with Crippen molar-refractivity contribution in [1.82, 2.24) is 9.80 Å². The number of amides is 1. The summed E-state index contributed by atoms with van der Waals surface area (Å²) in [6.07, 6.45) is 4.98. The molecular formula is C22H33FN2O2. The number of aliphatic hydroxyl groups is 1. The molecule has 150 valence electrons. The van der Waals surface area contributed by atoms with E-state index in [-0.39, 0.29) is 17.3 Å². The van der Waals surface area contributed by atoms with Crippen molar-refractivity contribution in [2.45, 2.75) is 70.6 Å². The smallest absolute Gasteiger partial charge is 0.251 e. The Morgan fingerprint density at radius 2 is 1.78 bits per heavy atom. The van der Waals surface area contributed by atoms with Gasteiger partial charge in [-0.3, -0.25) is 9.69 Å². The van der Waals surface area contributed by atoms with Crippen LogP contribution in [-0.2, 0) is 11.3 Å². The molecule has 0 saturated carbocycles. The lowest BCUT2D eigenvalue weighted by molar-refractivity contribution is -0.141. The summed E-state index contributed by atoms with van der Waals surface area (Å²) in [6, 6.07) is 6.80. The van der Waals surface area contributed by atoms with Gasteiger partial charge in [0, 0.05) is 25.2 Å². The van der Waals surface area contributed by atoms with Crippen LogP contribution in [0.3, 0.4) is 0 Å². The zero-order chi connectivity index (χ0) is 19.4. The number of halogens is 1. The Kier molecular flexibility index (Phi) is 6.53. The number of likely N-dealkylation sites (tertiary alicyclic amines) is 2. The summed E-state index contributed by atoms with van der Waals surface area (Å²) < 4.78 is 13.2. The van der Waals surface area contributed by atoms with Gasteiger partial charge in [0.25, 0.3) is 5.91 Å². The quantitative estimate of drug-likeness (QED) is 0.854. The lowest BCUT2D eigenvalue weighted by atomic mass is 9.87. The first-order valence-electron chi connectivity index (χ1n) is 10.4. The van der Waals surface area contributed by atoms with Gasteiger partial charge >= 0.3 is 0 Å². The fraction of sp³-hybridized carbons (Fsp3) is 0.682. The molecule has 3 rings (SSSR count). The first kappa shape index (κ1) is 20.3. The van der Waals surface area contributed by atoms with Gasteiger partial charge in [-0.25, -0.2) is 4.39 Å². The van der Waals surface area contributed by atoms with E-state index in [1.807, 2.05) is 30.9 Å². The van der Waals surface area contributed by atoms with E-state index >= 15 is 0 Å². The average molecular weight is 377 g/mol. The first-order chi connectivity index (χ1) is 12.9. The highest BCUT2D eigenvalue weighted by atomic mass is 19.1. The van der Waals surface area contributed by atoms with E-state index in [0.717, 1.165) is 50.9 Å². The summed E-state index contributed by atoms with van der Waals surface area (Å²) in [6.45, 7) is 7.40. The highest BCUT2D eigenvalue weighted by Gasteiger charge is 2.42. The summed E-state index contributed by atoms with van der Waals surface area (Å²) in [4.78, 5) is 17.0. The molecule has 0 aromatic heterocycles. The maximum Gasteiger partial charge on any atom is 0.251 e. The van der Waals surface area contributed by atoms with Crippen molar-refractivity contribution in [2.75, 3.05) is 19.6 Å². The number of benzene rings is 1. The van der Waals surface area contributed by atoms with E-state index in [2.05, 4.69) is 4.90 Å². The van der Waals surface area contributed by atoms with E-state index in [1.165, 1.54) is 18.6 Å². The molecule has 5 heteroatoms. The Bertz CT molecular complexity index is 634. The Morgan fingerprint density at radius 1 is 1.11 bits per heavy atom. The van der Waals surface area contributed by atoms with Gasteiger partial charge in [0.1, 0.15) is 11.9 Å². The lowest BCUT2D eigenvalue weighted by Crippen LogP contribution is -2.45. The van der Waals surface area contributed by atoms with Gasteiger partial charge in [-0.15, -0.1) is 0 Å². The minimum Gasteiger partial charge on any atom is -0.383 e. The van der Waals surface area contributed by atoms with Crippen LogP contribution in [-0.4, -0.2) is 52.1 Å². The fourth-order valence-electron chi connectivity index (χ4n) is 4.77. The van der Waals surface area contributed by atoms with Gasteiger partial charge in [0.15, 0.2) is 0 Å². The minimum atomic E-state index is -0.877. The van der Waals surface area contributed by atoms with Crippen molar-refractivity contribution in [1.29, 1.82) is 0 Å². The third kappa shape index (κ3) is 4.88. The maximum atomic E-state index is 13.2. The monoisotopic (exact) mass is 376 g/mol. The third-order valence-electron chi connectivity index (χ3n) is 6.24. The number of aliphatic hydroxyl groups excluding tert-OH is 1. The topological polar surface area (TPSA) is 43.8 Å². The predicted octanol–water partition coefficient (Wildman–Crippen LogP) is 3.58. The Labute approximate surface area is 162 Å². The molecule has 2 heterocycles. The maximum absolute atomic E-state index is 13.2. The van der Waals surface area contributed by atoms with Crippen LogP contribution in [0, 0.1) is 11.7 Å². The molecule has 0 aliphatic carbocycles. The van der Waals surface area contributed by atoms with Crippen LogP contribution in [0.1, 0.15) is 57.9 Å². The van der Waals surface area contributed by atoms with E-state index in [0.29, 0.717) is 18.9 Å². The second-order valence-electron chi connectivity index (χ2n) is 8.70. The number of hydrogen-bond acceptors (Lipinski definition) is 3. The van der Waals surface area contributed by atoms with E-state index in [1.54, 1.807) is 0 Å². The SMILES string of the molecule is CC(C)C[C@@H](O)C(=O)N1CCC[C@@]2(CCCN2Cc2ccc(F)cc2)CC1. The van der Waals surface area contributed by atoms with Crippen LogP contribution < -0.4 is 0 Å². The van der Waals surface area contributed by atoms with Crippen molar-refractivity contribution in [3.63, 3.8) is 0 Å². The van der Waals surface area contributed by atoms with Crippen molar-refractivity contribution < 1.29 is 14.3 Å². The summed E-state index contributed by atoms with van der Waals surface area (Å²) in [5, 5.41) is 10.2. The molecule has 0 radical (unpaired) electrons. The van der Waals surface area contributed by atoms with Crippen LogP contribution in [0.25, 0.3) is 0 Å². The van der Waals surface area contributed by atoms with Crippen molar-refractivity contribution in [2.24, 2.45) is 5.92 Å². The zero-order valence-electron chi connectivity index (χ0n) is 16.7. The Morgan fingerprint density at radius 3 is 2.44 bits per heavy atom. The number of carbonyl (C=O) groups excluding carboxylic acids is 1. The van der Waals surface area contributed by atoms with E-state index in [9.17, 15) is 14.3 Å². The number of rotatable bonds is 5. The van der Waals surface area contributed by atoms with Gasteiger partial charge in [0.05, 0.1) is 0 Å². The van der Waals surface area contributed by atoms with Crippen molar-refractivity contribution in [3.05, 3.63) is 35.6 Å². The molecule has 27 heavy (non-hydrogen) atoms. The van der Waals surface area contributed by atoms with Crippen LogP contribution in [0.4, 0.5) is 4.39 Å². The molecule has 1 N–H and O–H groups in total. The molecule has 1 aromatic rings. The molecule has 2 atom stereocenters. The lowest BCUT2D eigenvalue weighted by Gasteiger charge is -2.38. The molecule has 0 bridgehead atoms. The molecule has 1 amide bonds. The average Bonchev–Trinajstić information content (AvgIpc) is 2.87. The number of carbonyl (C=O) groups is 1. The number of nitrogens with zero attached hydrogens (tertiary/aromatic N) is 2. The van der Waals surface area contributed by atoms with E-state index in [4.69, 9.17) is 0 Å². The van der Waals surface area contributed by atoms with Crippen LogP contribution >= 0.6 is 0 Å². The van der Waals surface area contributed by atoms with E-state index < -0.39 is 6.10 Å². The van der Waals surface area contributed by atoms with Crippen LogP contribution in [0.15, 0.2) is 24.3 Å². The minimum absolute atomic E-state index is 0.108. The van der Waals surface area contributed by atoms with Gasteiger partial charge in [-0.2, -0.15) is 0 Å². The van der Waals surface area contributed by atoms with Gasteiger partial charge in [-0.1, -0.05) is 26.0 Å². The van der Waals surface area contributed by atoms with Crippen LogP contribution in [0.5, 0.6) is 0 Å². The molecule has 4 nitrogen and oxygen atoms in total. The fourth-order valence-corrected chi connectivity index (χ4v) is 4.77. The summed E-state index contributed by atoms with van der Waals surface area (Å²) in [5.41, 5.74) is 1.27. The summed E-state index contributed by atoms with van der Waals surface area (Å²) in [7, 11) is 0. The molecule has 0 unspecified atom stereocenters. The van der Waals surface area contributed by atoms with Gasteiger partial charge < -0.3 is 10.0 Å².